The van der Waals surface area contributed by atoms with Gasteiger partial charge in [-0.15, -0.1) is 0 Å². The average molecular weight is 571 g/mol. The van der Waals surface area contributed by atoms with Crippen LogP contribution in [0.4, 0.5) is 35.1 Å². The fraction of sp³-hybridized carbons (Fsp3) is 0.458. The summed E-state index contributed by atoms with van der Waals surface area (Å²) in [5.74, 6) is -1.37. The first-order valence-electron chi connectivity index (χ1n) is 11.5. The molecule has 2 N–H and O–H groups in total. The van der Waals surface area contributed by atoms with Gasteiger partial charge < -0.3 is 5.73 Å². The second-order valence-electron chi connectivity index (χ2n) is 9.43. The zero-order chi connectivity index (χ0) is 28.3. The zero-order valence-corrected chi connectivity index (χ0v) is 20.4. The summed E-state index contributed by atoms with van der Waals surface area (Å²) in [6.07, 6.45) is -13.1. The Hall–Kier alpha value is -2.74. The number of likely N-dealkylation sites (tertiary alicyclic amines) is 1. The van der Waals surface area contributed by atoms with Crippen molar-refractivity contribution in [3.05, 3.63) is 65.0 Å². The molecule has 14 heteroatoms. The molecule has 1 heterocycles. The lowest BCUT2D eigenvalue weighted by molar-refractivity contribution is -0.348. The van der Waals surface area contributed by atoms with Gasteiger partial charge in [-0.2, -0.15) is 26.3 Å². The van der Waals surface area contributed by atoms with Crippen LogP contribution in [-0.4, -0.2) is 50.7 Å². The van der Waals surface area contributed by atoms with Crippen molar-refractivity contribution < 1.29 is 48.3 Å². The monoisotopic (exact) mass is 570 g/mol. The molecule has 1 saturated heterocycles. The van der Waals surface area contributed by atoms with Crippen molar-refractivity contribution in [2.75, 3.05) is 13.1 Å². The first-order chi connectivity index (χ1) is 17.5. The number of hydrogen-bond acceptors (Lipinski definition) is 4. The van der Waals surface area contributed by atoms with Gasteiger partial charge in [0.25, 0.3) is 0 Å². The molecule has 2 atom stereocenters. The molecule has 0 saturated carbocycles. The van der Waals surface area contributed by atoms with Crippen LogP contribution in [0.2, 0.25) is 0 Å². The second kappa shape index (κ2) is 9.18. The van der Waals surface area contributed by atoms with Crippen molar-refractivity contribution in [3.8, 4) is 0 Å². The van der Waals surface area contributed by atoms with Gasteiger partial charge in [-0.1, -0.05) is 18.2 Å². The van der Waals surface area contributed by atoms with Gasteiger partial charge in [-0.25, -0.2) is 17.2 Å². The highest BCUT2D eigenvalue weighted by Gasteiger charge is 2.73. The number of nitrogens with zero attached hydrogens (tertiary/aromatic N) is 1. The molecule has 38 heavy (non-hydrogen) atoms. The quantitative estimate of drug-likeness (QED) is 0.404. The number of carbonyl (C=O) groups excluding carboxylic acids is 1. The van der Waals surface area contributed by atoms with E-state index in [2.05, 4.69) is 0 Å². The highest BCUT2D eigenvalue weighted by molar-refractivity contribution is 7.92. The molecule has 2 aliphatic rings. The number of benzene rings is 2. The van der Waals surface area contributed by atoms with Crippen molar-refractivity contribution in [3.63, 3.8) is 0 Å². The highest BCUT2D eigenvalue weighted by atomic mass is 32.2. The van der Waals surface area contributed by atoms with E-state index in [0.717, 1.165) is 30.3 Å². The summed E-state index contributed by atoms with van der Waals surface area (Å²) >= 11 is 0. The van der Waals surface area contributed by atoms with Crippen molar-refractivity contribution in [1.29, 1.82) is 0 Å². The number of alkyl halides is 7. The molecule has 2 aromatic carbocycles. The predicted octanol–water partition coefficient (Wildman–Crippen LogP) is 4.68. The fourth-order valence-corrected chi connectivity index (χ4v) is 8.06. The summed E-state index contributed by atoms with van der Waals surface area (Å²) in [7, 11) is -4.43. The van der Waals surface area contributed by atoms with E-state index in [1.165, 1.54) is 0 Å². The third-order valence-electron chi connectivity index (χ3n) is 7.43. The zero-order valence-electron chi connectivity index (χ0n) is 19.5. The first kappa shape index (κ1) is 28.3. The highest BCUT2D eigenvalue weighted by Crippen LogP contribution is 2.56. The SMILES string of the molecule is NC(=O)CCN1CC[C@@]2(S(=O)(=O)c3ccc(F)cc3)c3ccc(C(F)(C(F)(F)F)C(F)(F)F)cc3CC[C@@H]12. The van der Waals surface area contributed by atoms with Gasteiger partial charge in [0.15, 0.2) is 9.84 Å². The van der Waals surface area contributed by atoms with Gasteiger partial charge in [0.1, 0.15) is 10.6 Å². The first-order valence-corrected chi connectivity index (χ1v) is 12.9. The van der Waals surface area contributed by atoms with E-state index in [1.54, 1.807) is 4.90 Å². The van der Waals surface area contributed by atoms with Crippen LogP contribution in [0.5, 0.6) is 0 Å². The predicted molar refractivity (Wildman–Crippen MR) is 119 cm³/mol. The topological polar surface area (TPSA) is 80.5 Å². The molecule has 0 bridgehead atoms. The summed E-state index contributed by atoms with van der Waals surface area (Å²) in [5, 5.41) is 0. The molecule has 1 amide bonds. The van der Waals surface area contributed by atoms with Crippen molar-refractivity contribution >= 4 is 15.7 Å². The molecule has 0 radical (unpaired) electrons. The van der Waals surface area contributed by atoms with Gasteiger partial charge in [0.05, 0.1) is 4.90 Å². The third kappa shape index (κ3) is 4.16. The van der Waals surface area contributed by atoms with Crippen molar-refractivity contribution in [1.82, 2.24) is 4.90 Å². The number of hydrogen-bond donors (Lipinski definition) is 1. The molecule has 0 aromatic heterocycles. The minimum atomic E-state index is -6.33. The third-order valence-corrected chi connectivity index (χ3v) is 9.97. The van der Waals surface area contributed by atoms with Crippen LogP contribution in [-0.2, 0) is 31.5 Å². The number of aryl methyl sites for hydroxylation is 1. The normalized spacial score (nSPS) is 22.7. The molecule has 1 aliphatic carbocycles. The summed E-state index contributed by atoms with van der Waals surface area (Å²) in [4.78, 5) is 12.7. The maximum absolute atomic E-state index is 14.8. The molecule has 0 spiro atoms. The van der Waals surface area contributed by atoms with Crippen LogP contribution >= 0.6 is 0 Å². The Labute approximate surface area is 212 Å². The molecule has 1 aliphatic heterocycles. The summed E-state index contributed by atoms with van der Waals surface area (Å²) in [6.45, 7) is 0.196. The Bertz CT molecular complexity index is 1330. The minimum Gasteiger partial charge on any atom is -0.370 e. The Kier molecular flexibility index (Phi) is 6.83. The minimum absolute atomic E-state index is 0.0209. The second-order valence-corrected chi connectivity index (χ2v) is 11.6. The lowest BCUT2D eigenvalue weighted by Gasteiger charge is -2.43. The molecular formula is C24H22F8N2O3S. The van der Waals surface area contributed by atoms with Crippen LogP contribution in [0, 0.1) is 5.82 Å². The van der Waals surface area contributed by atoms with Crippen molar-refractivity contribution in [2.24, 2.45) is 5.73 Å². The van der Waals surface area contributed by atoms with Crippen LogP contribution in [0.15, 0.2) is 47.4 Å². The Morgan fingerprint density at radius 3 is 2.16 bits per heavy atom. The number of carbonyl (C=O) groups is 1. The average Bonchev–Trinajstić information content (AvgIpc) is 3.21. The lowest BCUT2D eigenvalue weighted by atomic mass is 9.76. The molecule has 0 unspecified atom stereocenters. The molecule has 4 rings (SSSR count). The fourth-order valence-electron chi connectivity index (χ4n) is 5.67. The van der Waals surface area contributed by atoms with Gasteiger partial charge in [-0.3, -0.25) is 9.69 Å². The summed E-state index contributed by atoms with van der Waals surface area (Å²) < 4.78 is 135. The number of rotatable bonds is 6. The summed E-state index contributed by atoms with van der Waals surface area (Å²) in [6, 6.07) is 4.59. The van der Waals surface area contributed by atoms with Gasteiger partial charge in [0, 0.05) is 31.1 Å². The maximum Gasteiger partial charge on any atom is 0.435 e. The van der Waals surface area contributed by atoms with E-state index in [0.29, 0.717) is 12.1 Å². The van der Waals surface area contributed by atoms with Gasteiger partial charge >= 0.3 is 18.0 Å². The number of fused-ring (bicyclic) bond motifs is 3. The van der Waals surface area contributed by atoms with Crippen molar-refractivity contribution in [2.45, 2.75) is 59.4 Å². The van der Waals surface area contributed by atoms with Gasteiger partial charge in [-0.05, 0) is 54.7 Å². The van der Waals surface area contributed by atoms with E-state index < -0.39 is 55.9 Å². The smallest absolute Gasteiger partial charge is 0.370 e. The van der Waals surface area contributed by atoms with Crippen LogP contribution in [0.3, 0.4) is 0 Å². The number of sulfone groups is 1. The Morgan fingerprint density at radius 2 is 1.61 bits per heavy atom. The van der Waals surface area contributed by atoms with Crippen LogP contribution in [0.25, 0.3) is 0 Å². The largest absolute Gasteiger partial charge is 0.435 e. The molecule has 2 aromatic rings. The van der Waals surface area contributed by atoms with E-state index >= 15 is 0 Å². The number of amides is 1. The molecule has 5 nitrogen and oxygen atoms in total. The molecular weight excluding hydrogens is 548 g/mol. The number of nitrogens with two attached hydrogens (primary N) is 1. The van der Waals surface area contributed by atoms with E-state index in [1.807, 2.05) is 0 Å². The van der Waals surface area contributed by atoms with Gasteiger partial charge in [0.2, 0.25) is 5.91 Å². The number of primary amides is 1. The standard InChI is InChI=1S/C24H22F8N2O3S/c25-16-3-5-17(6-4-16)38(36,37)21-10-12-34(11-9-20(33)35)19(21)8-1-14-13-15(2-7-18(14)21)22(26,23(27,28)29)24(30,31)32/h2-7,13,19H,1,8-12H2,(H2,33,35)/t19-,21-/m1/s1. The molecule has 1 fully saturated rings. The van der Waals surface area contributed by atoms with E-state index in [9.17, 15) is 48.3 Å². The van der Waals surface area contributed by atoms with Crippen LogP contribution in [0.1, 0.15) is 36.0 Å². The maximum atomic E-state index is 14.8. The summed E-state index contributed by atoms with van der Waals surface area (Å²) in [5.41, 5.74) is -2.37. The van der Waals surface area contributed by atoms with Crippen LogP contribution < -0.4 is 5.73 Å². The van der Waals surface area contributed by atoms with E-state index in [4.69, 9.17) is 5.73 Å². The van der Waals surface area contributed by atoms with E-state index in [-0.39, 0.29) is 54.8 Å². The molecule has 208 valence electrons. The lowest BCUT2D eigenvalue weighted by Crippen LogP contribution is -2.52. The Balaban J connectivity index is 1.92. The number of halogens is 8. The Morgan fingerprint density at radius 1 is 1.00 bits per heavy atom.